The highest BCUT2D eigenvalue weighted by atomic mass is 16.5. The largest absolute Gasteiger partial charge is 0.506 e. The lowest BCUT2D eigenvalue weighted by Gasteiger charge is -2.10. The number of benzene rings is 2. The monoisotopic (exact) mass is 372 g/mol. The normalized spacial score (nSPS) is 10.6. The van der Waals surface area contributed by atoms with Crippen molar-refractivity contribution in [2.45, 2.75) is 0 Å². The number of anilines is 2. The molecule has 0 radical (unpaired) electrons. The number of rotatable bonds is 4. The summed E-state index contributed by atoms with van der Waals surface area (Å²) < 4.78 is 5.92. The van der Waals surface area contributed by atoms with Gasteiger partial charge in [-0.1, -0.05) is 6.07 Å². The van der Waals surface area contributed by atoms with Gasteiger partial charge in [-0.25, -0.2) is 4.98 Å². The third kappa shape index (κ3) is 3.54. The Balaban J connectivity index is 1.54. The molecule has 0 aliphatic heterocycles. The fourth-order valence-electron chi connectivity index (χ4n) is 2.69. The van der Waals surface area contributed by atoms with E-state index in [1.807, 2.05) is 0 Å². The summed E-state index contributed by atoms with van der Waals surface area (Å²) in [7, 11) is 0. The number of aromatic nitrogens is 2. The number of amides is 1. The molecule has 4 N–H and O–H groups in total. The maximum Gasteiger partial charge on any atom is 0.256 e. The van der Waals surface area contributed by atoms with Gasteiger partial charge in [-0.05, 0) is 48.5 Å². The maximum absolute atomic E-state index is 12.3. The standard InChI is InChI=1S/C21H16N4O3/c22-16-11-15-17(12-18(16)26)23-10-8-19(15)28-14-6-4-13(5-7-14)21(27)25-20-3-1-2-9-24-20/h1-12,26H,22H2,(H,24,25,27). The number of carbonyl (C=O) groups excluding carboxylic acids is 1. The van der Waals surface area contributed by atoms with Gasteiger partial charge >= 0.3 is 0 Å². The Morgan fingerprint density at radius 3 is 2.57 bits per heavy atom. The van der Waals surface area contributed by atoms with Crippen LogP contribution in [0.2, 0.25) is 0 Å². The van der Waals surface area contributed by atoms with Crippen molar-refractivity contribution in [1.29, 1.82) is 0 Å². The molecule has 4 aromatic rings. The molecule has 0 aliphatic rings. The molecule has 138 valence electrons. The molecule has 0 aliphatic carbocycles. The first kappa shape index (κ1) is 17.3. The number of hydrogen-bond acceptors (Lipinski definition) is 6. The van der Waals surface area contributed by atoms with E-state index in [-0.39, 0.29) is 17.3 Å². The van der Waals surface area contributed by atoms with Crippen molar-refractivity contribution in [3.63, 3.8) is 0 Å². The third-order valence-corrected chi connectivity index (χ3v) is 4.10. The molecular weight excluding hydrogens is 356 g/mol. The number of hydrogen-bond donors (Lipinski definition) is 3. The van der Waals surface area contributed by atoms with Gasteiger partial charge < -0.3 is 20.9 Å². The Morgan fingerprint density at radius 1 is 1.00 bits per heavy atom. The lowest BCUT2D eigenvalue weighted by atomic mass is 10.1. The first-order valence-corrected chi connectivity index (χ1v) is 8.48. The van der Waals surface area contributed by atoms with E-state index in [1.165, 1.54) is 6.07 Å². The van der Waals surface area contributed by atoms with Crippen LogP contribution < -0.4 is 15.8 Å². The third-order valence-electron chi connectivity index (χ3n) is 4.10. The Labute approximate surface area is 160 Å². The van der Waals surface area contributed by atoms with Gasteiger partial charge in [-0.3, -0.25) is 9.78 Å². The van der Waals surface area contributed by atoms with Gasteiger partial charge in [0.1, 0.15) is 23.1 Å². The number of carbonyl (C=O) groups is 1. The molecule has 0 fully saturated rings. The SMILES string of the molecule is Nc1cc2c(Oc3ccc(C(=O)Nc4ccccn4)cc3)ccnc2cc1O. The first-order chi connectivity index (χ1) is 13.6. The van der Waals surface area contributed by atoms with Crippen molar-refractivity contribution in [3.8, 4) is 17.2 Å². The minimum Gasteiger partial charge on any atom is -0.506 e. The van der Waals surface area contributed by atoms with Crippen molar-refractivity contribution in [2.75, 3.05) is 11.1 Å². The Morgan fingerprint density at radius 2 is 1.82 bits per heavy atom. The summed E-state index contributed by atoms with van der Waals surface area (Å²) in [6.45, 7) is 0. The van der Waals surface area contributed by atoms with E-state index < -0.39 is 0 Å². The van der Waals surface area contributed by atoms with Crippen molar-refractivity contribution in [2.24, 2.45) is 0 Å². The molecule has 0 saturated carbocycles. The van der Waals surface area contributed by atoms with Crippen molar-refractivity contribution >= 4 is 28.3 Å². The highest BCUT2D eigenvalue weighted by Crippen LogP contribution is 2.33. The van der Waals surface area contributed by atoms with Gasteiger partial charge in [0, 0.05) is 29.4 Å². The van der Waals surface area contributed by atoms with Crippen LogP contribution in [0.15, 0.2) is 73.1 Å². The molecule has 2 heterocycles. The van der Waals surface area contributed by atoms with Crippen molar-refractivity contribution in [1.82, 2.24) is 9.97 Å². The summed E-state index contributed by atoms with van der Waals surface area (Å²) in [5.74, 6) is 1.29. The molecule has 0 saturated heterocycles. The van der Waals surface area contributed by atoms with E-state index in [1.54, 1.807) is 67.0 Å². The van der Waals surface area contributed by atoms with E-state index in [0.29, 0.717) is 33.8 Å². The summed E-state index contributed by atoms with van der Waals surface area (Å²) in [6.07, 6.45) is 3.19. The lowest BCUT2D eigenvalue weighted by Crippen LogP contribution is -2.12. The van der Waals surface area contributed by atoms with E-state index in [0.717, 1.165) is 0 Å². The number of aromatic hydroxyl groups is 1. The van der Waals surface area contributed by atoms with Gasteiger partial charge in [-0.15, -0.1) is 0 Å². The van der Waals surface area contributed by atoms with Gasteiger partial charge in [0.25, 0.3) is 5.91 Å². The van der Waals surface area contributed by atoms with Gasteiger partial charge in [0.15, 0.2) is 0 Å². The van der Waals surface area contributed by atoms with Crippen LogP contribution in [0.5, 0.6) is 17.2 Å². The van der Waals surface area contributed by atoms with Crippen LogP contribution in [0.25, 0.3) is 10.9 Å². The highest BCUT2D eigenvalue weighted by molar-refractivity contribution is 6.03. The number of fused-ring (bicyclic) bond motifs is 1. The zero-order chi connectivity index (χ0) is 19.5. The van der Waals surface area contributed by atoms with Crippen LogP contribution in [0.3, 0.4) is 0 Å². The topological polar surface area (TPSA) is 110 Å². The van der Waals surface area contributed by atoms with Crippen LogP contribution in [0, 0.1) is 0 Å². The second kappa shape index (κ2) is 7.24. The van der Waals surface area contributed by atoms with Gasteiger partial charge in [0.05, 0.1) is 11.2 Å². The summed E-state index contributed by atoms with van der Waals surface area (Å²) in [4.78, 5) is 20.6. The number of nitrogens with zero attached hydrogens (tertiary/aromatic N) is 2. The summed E-state index contributed by atoms with van der Waals surface area (Å²) >= 11 is 0. The Hall–Kier alpha value is -4.13. The fourth-order valence-corrected chi connectivity index (χ4v) is 2.69. The van der Waals surface area contributed by atoms with Gasteiger partial charge in [0.2, 0.25) is 0 Å². The van der Waals surface area contributed by atoms with E-state index in [4.69, 9.17) is 10.5 Å². The predicted octanol–water partition coefficient (Wildman–Crippen LogP) is 3.96. The van der Waals surface area contributed by atoms with Crippen molar-refractivity contribution < 1.29 is 14.6 Å². The number of pyridine rings is 2. The second-order valence-electron chi connectivity index (χ2n) is 6.03. The quantitative estimate of drug-likeness (QED) is 0.369. The minimum absolute atomic E-state index is 0.0274. The number of ether oxygens (including phenoxy) is 1. The summed E-state index contributed by atoms with van der Waals surface area (Å²) in [5, 5.41) is 13.1. The molecular formula is C21H16N4O3. The smallest absolute Gasteiger partial charge is 0.256 e. The molecule has 0 unspecified atom stereocenters. The zero-order valence-corrected chi connectivity index (χ0v) is 14.7. The molecule has 7 nitrogen and oxygen atoms in total. The molecule has 1 amide bonds. The maximum atomic E-state index is 12.3. The molecule has 2 aromatic heterocycles. The number of phenolic OH excluding ortho intramolecular Hbond substituents is 1. The van der Waals surface area contributed by atoms with E-state index in [9.17, 15) is 9.90 Å². The van der Waals surface area contributed by atoms with E-state index in [2.05, 4.69) is 15.3 Å². The molecule has 0 bridgehead atoms. The van der Waals surface area contributed by atoms with Crippen LogP contribution in [-0.4, -0.2) is 21.0 Å². The minimum atomic E-state index is -0.261. The van der Waals surface area contributed by atoms with Crippen LogP contribution in [-0.2, 0) is 0 Å². The Bertz CT molecular complexity index is 1150. The molecule has 0 spiro atoms. The molecule has 28 heavy (non-hydrogen) atoms. The molecule has 4 rings (SSSR count). The van der Waals surface area contributed by atoms with E-state index >= 15 is 0 Å². The van der Waals surface area contributed by atoms with Crippen LogP contribution >= 0.6 is 0 Å². The average Bonchev–Trinajstić information content (AvgIpc) is 2.71. The summed E-state index contributed by atoms with van der Waals surface area (Å²) in [6, 6.07) is 16.8. The fraction of sp³-hybridized carbons (Fsp3) is 0. The predicted molar refractivity (Wildman–Crippen MR) is 107 cm³/mol. The van der Waals surface area contributed by atoms with Gasteiger partial charge in [-0.2, -0.15) is 0 Å². The number of nitrogens with two attached hydrogens (primary N) is 1. The molecule has 2 aromatic carbocycles. The number of nitrogen functional groups attached to an aromatic ring is 1. The summed E-state index contributed by atoms with van der Waals surface area (Å²) in [5.41, 5.74) is 7.07. The number of phenols is 1. The molecule has 7 heteroatoms. The van der Waals surface area contributed by atoms with Crippen LogP contribution in [0.4, 0.5) is 11.5 Å². The lowest BCUT2D eigenvalue weighted by molar-refractivity contribution is 0.102. The van der Waals surface area contributed by atoms with Crippen LogP contribution in [0.1, 0.15) is 10.4 Å². The first-order valence-electron chi connectivity index (χ1n) is 8.48. The average molecular weight is 372 g/mol. The number of nitrogens with one attached hydrogen (secondary N) is 1. The van der Waals surface area contributed by atoms with Crippen molar-refractivity contribution in [3.05, 3.63) is 78.6 Å². The Kier molecular flexibility index (Phi) is 4.47. The molecule has 0 atom stereocenters. The highest BCUT2D eigenvalue weighted by Gasteiger charge is 2.10. The zero-order valence-electron chi connectivity index (χ0n) is 14.7. The second-order valence-corrected chi connectivity index (χ2v) is 6.03.